The lowest BCUT2D eigenvalue weighted by Crippen LogP contribution is -2.19. The molecule has 4 nitrogen and oxygen atoms in total. The van der Waals surface area contributed by atoms with Crippen LogP contribution in [-0.2, 0) is 6.18 Å². The molecule has 1 heterocycles. The van der Waals surface area contributed by atoms with E-state index in [1.165, 1.54) is 19.2 Å². The van der Waals surface area contributed by atoms with E-state index >= 15 is 0 Å². The monoisotopic (exact) mass is 312 g/mol. The number of hydrogen-bond acceptors (Lipinski definition) is 3. The van der Waals surface area contributed by atoms with Crippen molar-refractivity contribution >= 4 is 0 Å². The molecule has 0 aliphatic carbocycles. The van der Waals surface area contributed by atoms with E-state index in [1.807, 2.05) is 0 Å². The van der Waals surface area contributed by atoms with Crippen LogP contribution in [0.4, 0.5) is 17.6 Å². The smallest absolute Gasteiger partial charge is 0.417 e. The summed E-state index contributed by atoms with van der Waals surface area (Å²) in [7, 11) is 1.25. The summed E-state index contributed by atoms with van der Waals surface area (Å²) in [5.74, 6) is -0.635. The van der Waals surface area contributed by atoms with Crippen LogP contribution in [0.1, 0.15) is 11.1 Å². The van der Waals surface area contributed by atoms with E-state index in [0.717, 1.165) is 12.1 Å². The minimum Gasteiger partial charge on any atom is -0.496 e. The van der Waals surface area contributed by atoms with Crippen LogP contribution in [0.15, 0.2) is 29.1 Å². The highest BCUT2D eigenvalue weighted by molar-refractivity contribution is 5.68. The maximum Gasteiger partial charge on any atom is 0.417 e. The highest BCUT2D eigenvalue weighted by Gasteiger charge is 2.35. The molecule has 22 heavy (non-hydrogen) atoms. The van der Waals surface area contributed by atoms with Crippen LogP contribution >= 0.6 is 0 Å². The number of pyridine rings is 1. The van der Waals surface area contributed by atoms with Crippen molar-refractivity contribution in [3.8, 4) is 23.1 Å². The number of alkyl halides is 3. The SMILES string of the molecule is COc1ccc(F)cc1-c1cc(C(F)(F)F)c(C#N)c(=O)[nH]1. The van der Waals surface area contributed by atoms with Crippen LogP contribution in [0.2, 0.25) is 0 Å². The Morgan fingerprint density at radius 1 is 1.27 bits per heavy atom. The number of nitrogens with one attached hydrogen (secondary N) is 1. The highest BCUT2D eigenvalue weighted by Crippen LogP contribution is 2.35. The summed E-state index contributed by atoms with van der Waals surface area (Å²) < 4.78 is 57.2. The molecule has 0 radical (unpaired) electrons. The summed E-state index contributed by atoms with van der Waals surface area (Å²) in [5.41, 5.74) is -4.01. The van der Waals surface area contributed by atoms with E-state index in [2.05, 4.69) is 4.98 Å². The first-order chi connectivity index (χ1) is 10.3. The zero-order valence-corrected chi connectivity index (χ0v) is 11.1. The van der Waals surface area contributed by atoms with Gasteiger partial charge < -0.3 is 9.72 Å². The third-order valence-corrected chi connectivity index (χ3v) is 2.90. The average Bonchev–Trinajstić information content (AvgIpc) is 2.45. The molecule has 0 atom stereocenters. The second-order valence-electron chi connectivity index (χ2n) is 4.25. The van der Waals surface area contributed by atoms with Gasteiger partial charge in [0.05, 0.1) is 18.4 Å². The van der Waals surface area contributed by atoms with E-state index < -0.39 is 28.7 Å². The van der Waals surface area contributed by atoms with Gasteiger partial charge in [0, 0.05) is 5.56 Å². The highest BCUT2D eigenvalue weighted by atomic mass is 19.4. The Hall–Kier alpha value is -2.82. The molecule has 0 spiro atoms. The Bertz CT molecular complexity index is 819. The van der Waals surface area contributed by atoms with E-state index in [-0.39, 0.29) is 17.0 Å². The maximum absolute atomic E-state index is 13.3. The van der Waals surface area contributed by atoms with Crippen molar-refractivity contribution in [1.29, 1.82) is 5.26 Å². The lowest BCUT2D eigenvalue weighted by Gasteiger charge is -2.12. The Labute approximate surface area is 121 Å². The van der Waals surface area contributed by atoms with Gasteiger partial charge in [-0.05, 0) is 24.3 Å². The first-order valence-corrected chi connectivity index (χ1v) is 5.86. The number of nitrogens with zero attached hydrogens (tertiary/aromatic N) is 1. The number of aromatic nitrogens is 1. The average molecular weight is 312 g/mol. The van der Waals surface area contributed by atoms with Crippen molar-refractivity contribution in [2.75, 3.05) is 7.11 Å². The lowest BCUT2D eigenvalue weighted by molar-refractivity contribution is -0.137. The fraction of sp³-hybridized carbons (Fsp3) is 0.143. The zero-order chi connectivity index (χ0) is 16.5. The van der Waals surface area contributed by atoms with Crippen molar-refractivity contribution in [3.63, 3.8) is 0 Å². The first kappa shape index (κ1) is 15.6. The number of methoxy groups -OCH3 is 1. The minimum atomic E-state index is -4.89. The molecule has 0 unspecified atom stereocenters. The van der Waals surface area contributed by atoms with Gasteiger partial charge in [-0.25, -0.2) is 4.39 Å². The molecule has 1 aromatic heterocycles. The summed E-state index contributed by atoms with van der Waals surface area (Å²) in [5, 5.41) is 8.71. The Kier molecular flexibility index (Phi) is 3.91. The lowest BCUT2D eigenvalue weighted by atomic mass is 10.0. The van der Waals surface area contributed by atoms with Crippen LogP contribution in [0.5, 0.6) is 5.75 Å². The van der Waals surface area contributed by atoms with E-state index in [1.54, 1.807) is 0 Å². The molecular weight excluding hydrogens is 304 g/mol. The predicted octanol–water partition coefficient (Wildman–Crippen LogP) is 3.08. The molecule has 2 rings (SSSR count). The summed E-state index contributed by atoms with van der Waals surface area (Å²) in [6.07, 6.45) is -4.89. The van der Waals surface area contributed by atoms with Crippen molar-refractivity contribution < 1.29 is 22.3 Å². The number of nitriles is 1. The van der Waals surface area contributed by atoms with Crippen LogP contribution in [0.3, 0.4) is 0 Å². The third kappa shape index (κ3) is 2.79. The fourth-order valence-electron chi connectivity index (χ4n) is 1.93. The maximum atomic E-state index is 13.3. The predicted molar refractivity (Wildman–Crippen MR) is 68.7 cm³/mol. The fourth-order valence-corrected chi connectivity index (χ4v) is 1.93. The summed E-state index contributed by atoms with van der Waals surface area (Å²) in [6.45, 7) is 0. The van der Waals surface area contributed by atoms with Gasteiger partial charge in [-0.1, -0.05) is 0 Å². The zero-order valence-electron chi connectivity index (χ0n) is 11.1. The Balaban J connectivity index is 2.79. The standard InChI is InChI=1S/C14H8F4N2O2/c1-22-12-3-2-7(15)4-8(12)11-5-10(14(16,17)18)9(6-19)13(21)20-11/h2-5H,1H3,(H,20,21). The largest absolute Gasteiger partial charge is 0.496 e. The van der Waals surface area contributed by atoms with Gasteiger partial charge >= 0.3 is 6.18 Å². The van der Waals surface area contributed by atoms with Crippen molar-refractivity contribution in [2.45, 2.75) is 6.18 Å². The van der Waals surface area contributed by atoms with Gasteiger partial charge in [-0.2, -0.15) is 18.4 Å². The molecule has 1 N–H and O–H groups in total. The van der Waals surface area contributed by atoms with Gasteiger partial charge in [-0.15, -0.1) is 0 Å². The van der Waals surface area contributed by atoms with Crippen LogP contribution in [-0.4, -0.2) is 12.1 Å². The minimum absolute atomic E-state index is 0.0606. The molecule has 0 amide bonds. The Morgan fingerprint density at radius 2 is 1.95 bits per heavy atom. The number of aromatic amines is 1. The normalized spacial score (nSPS) is 11.1. The van der Waals surface area contributed by atoms with Crippen molar-refractivity contribution in [1.82, 2.24) is 4.98 Å². The van der Waals surface area contributed by atoms with Crippen LogP contribution in [0.25, 0.3) is 11.3 Å². The van der Waals surface area contributed by atoms with E-state index in [0.29, 0.717) is 6.07 Å². The molecule has 0 aliphatic heterocycles. The van der Waals surface area contributed by atoms with Crippen molar-refractivity contribution in [3.05, 3.63) is 51.6 Å². The molecule has 0 aliphatic rings. The number of H-pyrrole nitrogens is 1. The van der Waals surface area contributed by atoms with E-state index in [4.69, 9.17) is 10.00 Å². The number of rotatable bonds is 2. The molecule has 0 saturated heterocycles. The molecular formula is C14H8F4N2O2. The third-order valence-electron chi connectivity index (χ3n) is 2.90. The number of halogens is 4. The van der Waals surface area contributed by atoms with Gasteiger partial charge in [0.25, 0.3) is 5.56 Å². The van der Waals surface area contributed by atoms with Gasteiger partial charge in [-0.3, -0.25) is 4.79 Å². The molecule has 8 heteroatoms. The molecule has 0 bridgehead atoms. The van der Waals surface area contributed by atoms with Crippen LogP contribution < -0.4 is 10.3 Å². The molecule has 0 fully saturated rings. The second-order valence-corrected chi connectivity index (χ2v) is 4.25. The van der Waals surface area contributed by atoms with Gasteiger partial charge in [0.15, 0.2) is 0 Å². The topological polar surface area (TPSA) is 65.9 Å². The summed E-state index contributed by atoms with van der Waals surface area (Å²) in [6, 6.07) is 5.01. The molecule has 2 aromatic rings. The summed E-state index contributed by atoms with van der Waals surface area (Å²) >= 11 is 0. The Morgan fingerprint density at radius 3 is 2.50 bits per heavy atom. The first-order valence-electron chi connectivity index (χ1n) is 5.86. The van der Waals surface area contributed by atoms with E-state index in [9.17, 15) is 22.4 Å². The second kappa shape index (κ2) is 5.52. The quantitative estimate of drug-likeness (QED) is 0.867. The van der Waals surface area contributed by atoms with Crippen molar-refractivity contribution in [2.24, 2.45) is 0 Å². The summed E-state index contributed by atoms with van der Waals surface area (Å²) in [4.78, 5) is 13.8. The van der Waals surface area contributed by atoms with Gasteiger partial charge in [0.2, 0.25) is 0 Å². The molecule has 114 valence electrons. The number of hydrogen-bond donors (Lipinski definition) is 1. The van der Waals surface area contributed by atoms with Gasteiger partial charge in [0.1, 0.15) is 23.2 Å². The number of ether oxygens (including phenoxy) is 1. The van der Waals surface area contributed by atoms with Crippen LogP contribution in [0, 0.1) is 17.1 Å². The number of benzene rings is 1. The molecule has 0 saturated carbocycles. The molecule has 1 aromatic carbocycles.